The molecule has 0 bridgehead atoms. The lowest BCUT2D eigenvalue weighted by molar-refractivity contribution is 0.459. The van der Waals surface area contributed by atoms with Crippen molar-refractivity contribution in [3.05, 3.63) is 58.9 Å². The van der Waals surface area contributed by atoms with E-state index in [9.17, 15) is 5.11 Å². The number of phenols is 1. The van der Waals surface area contributed by atoms with Crippen molar-refractivity contribution >= 4 is 11.6 Å². The molecule has 1 aromatic carbocycles. The van der Waals surface area contributed by atoms with Crippen molar-refractivity contribution in [1.82, 2.24) is 10.3 Å². The second kappa shape index (κ2) is 5.85. The van der Waals surface area contributed by atoms with E-state index in [0.29, 0.717) is 17.1 Å². The number of halogens is 1. The van der Waals surface area contributed by atoms with Gasteiger partial charge >= 0.3 is 0 Å². The molecule has 2 aromatic rings. The van der Waals surface area contributed by atoms with E-state index in [4.69, 9.17) is 11.6 Å². The molecule has 0 aliphatic rings. The van der Waals surface area contributed by atoms with Crippen molar-refractivity contribution in [3.63, 3.8) is 0 Å². The van der Waals surface area contributed by atoms with Gasteiger partial charge in [-0.05, 0) is 31.2 Å². The van der Waals surface area contributed by atoms with Gasteiger partial charge in [-0.1, -0.05) is 23.7 Å². The quantitative estimate of drug-likeness (QED) is 0.889. The third-order valence-electron chi connectivity index (χ3n) is 2.81. The second-order valence-corrected chi connectivity index (χ2v) is 4.50. The second-order valence-electron chi connectivity index (χ2n) is 4.09. The highest BCUT2D eigenvalue weighted by Gasteiger charge is 2.09. The fraction of sp³-hybridized carbons (Fsp3) is 0.214. The lowest BCUT2D eigenvalue weighted by atomic mass is 10.1. The first-order valence-electron chi connectivity index (χ1n) is 5.79. The maximum absolute atomic E-state index is 9.73. The highest BCUT2D eigenvalue weighted by Crippen LogP contribution is 2.25. The number of benzene rings is 1. The summed E-state index contributed by atoms with van der Waals surface area (Å²) in [4.78, 5) is 4.28. The van der Waals surface area contributed by atoms with E-state index in [2.05, 4.69) is 10.3 Å². The van der Waals surface area contributed by atoms with Gasteiger partial charge in [0.25, 0.3) is 0 Å². The summed E-state index contributed by atoms with van der Waals surface area (Å²) in [5.74, 6) is 0.211. The number of nitrogens with one attached hydrogen (secondary N) is 1. The summed E-state index contributed by atoms with van der Waals surface area (Å²) in [5, 5.41) is 13.6. The van der Waals surface area contributed by atoms with E-state index in [-0.39, 0.29) is 11.8 Å². The molecule has 3 nitrogen and oxygen atoms in total. The topological polar surface area (TPSA) is 45.1 Å². The largest absolute Gasteiger partial charge is 0.508 e. The zero-order chi connectivity index (χ0) is 13.0. The highest BCUT2D eigenvalue weighted by molar-refractivity contribution is 6.31. The minimum atomic E-state index is 0.0990. The van der Waals surface area contributed by atoms with Crippen molar-refractivity contribution in [2.45, 2.75) is 19.5 Å². The molecular weight excluding hydrogens is 248 g/mol. The van der Waals surface area contributed by atoms with Crippen LogP contribution < -0.4 is 5.32 Å². The van der Waals surface area contributed by atoms with Crippen LogP contribution in [0.4, 0.5) is 0 Å². The summed E-state index contributed by atoms with van der Waals surface area (Å²) in [5.41, 5.74) is 1.67. The van der Waals surface area contributed by atoms with Gasteiger partial charge < -0.3 is 10.4 Å². The van der Waals surface area contributed by atoms with E-state index >= 15 is 0 Å². The predicted octanol–water partition coefficient (Wildman–Crippen LogP) is 3.29. The first-order valence-corrected chi connectivity index (χ1v) is 6.17. The predicted molar refractivity (Wildman–Crippen MR) is 72.6 cm³/mol. The lowest BCUT2D eigenvalue weighted by Gasteiger charge is -2.14. The Labute approximate surface area is 111 Å². The Morgan fingerprint density at radius 2 is 2.11 bits per heavy atom. The first kappa shape index (κ1) is 12.9. The molecule has 18 heavy (non-hydrogen) atoms. The molecule has 1 unspecified atom stereocenters. The molecule has 0 amide bonds. The van der Waals surface area contributed by atoms with Gasteiger partial charge in [-0.2, -0.15) is 0 Å². The van der Waals surface area contributed by atoms with Crippen LogP contribution in [0.15, 0.2) is 42.6 Å². The van der Waals surface area contributed by atoms with Crippen LogP contribution in [0.3, 0.4) is 0 Å². The van der Waals surface area contributed by atoms with Gasteiger partial charge in [-0.15, -0.1) is 0 Å². The van der Waals surface area contributed by atoms with Gasteiger partial charge in [-0.25, -0.2) is 0 Å². The Bertz CT molecular complexity index is 496. The van der Waals surface area contributed by atoms with E-state index in [1.807, 2.05) is 25.1 Å². The molecule has 0 radical (unpaired) electrons. The molecule has 2 N–H and O–H groups in total. The molecule has 0 fully saturated rings. The maximum atomic E-state index is 9.73. The van der Waals surface area contributed by atoms with Gasteiger partial charge in [0.05, 0.1) is 5.69 Å². The molecule has 0 aliphatic carbocycles. The lowest BCUT2D eigenvalue weighted by Crippen LogP contribution is -2.19. The third-order valence-corrected chi connectivity index (χ3v) is 3.16. The van der Waals surface area contributed by atoms with Gasteiger partial charge in [0.1, 0.15) is 5.75 Å². The summed E-state index contributed by atoms with van der Waals surface area (Å²) < 4.78 is 0. The van der Waals surface area contributed by atoms with Crippen LogP contribution in [0.25, 0.3) is 0 Å². The number of nitrogens with zero attached hydrogens (tertiary/aromatic N) is 1. The molecule has 0 saturated heterocycles. The van der Waals surface area contributed by atoms with E-state index in [0.717, 1.165) is 5.69 Å². The van der Waals surface area contributed by atoms with Crippen LogP contribution in [0.2, 0.25) is 5.02 Å². The van der Waals surface area contributed by atoms with Crippen molar-refractivity contribution in [2.75, 3.05) is 0 Å². The smallest absolute Gasteiger partial charge is 0.121 e. The SMILES string of the molecule is CC(NCc1c(O)cccc1Cl)c1ccccn1. The summed E-state index contributed by atoms with van der Waals surface area (Å²) in [6.45, 7) is 2.53. The standard InChI is InChI=1S/C14H15ClN2O/c1-10(13-6-2-3-8-16-13)17-9-11-12(15)5-4-7-14(11)18/h2-8,10,17-18H,9H2,1H3. The Balaban J connectivity index is 2.04. The third kappa shape index (κ3) is 3.00. The number of phenolic OH excluding ortho intramolecular Hbond substituents is 1. The van der Waals surface area contributed by atoms with Crippen molar-refractivity contribution in [3.8, 4) is 5.75 Å². The van der Waals surface area contributed by atoms with Gasteiger partial charge in [0.15, 0.2) is 0 Å². The average molecular weight is 263 g/mol. The summed E-state index contributed by atoms with van der Waals surface area (Å²) >= 11 is 6.04. The van der Waals surface area contributed by atoms with Crippen LogP contribution in [0.1, 0.15) is 24.2 Å². The Hall–Kier alpha value is -1.58. The Kier molecular flexibility index (Phi) is 4.18. The highest BCUT2D eigenvalue weighted by atomic mass is 35.5. The van der Waals surface area contributed by atoms with Crippen molar-refractivity contribution in [2.24, 2.45) is 0 Å². The zero-order valence-electron chi connectivity index (χ0n) is 10.1. The van der Waals surface area contributed by atoms with Crippen LogP contribution in [0.5, 0.6) is 5.75 Å². The summed E-state index contributed by atoms with van der Waals surface area (Å²) in [6, 6.07) is 11.0. The number of aromatic hydroxyl groups is 1. The molecule has 1 atom stereocenters. The molecule has 0 spiro atoms. The molecule has 0 aliphatic heterocycles. The van der Waals surface area contributed by atoms with E-state index < -0.39 is 0 Å². The molecule has 2 rings (SSSR count). The van der Waals surface area contributed by atoms with Gasteiger partial charge in [0.2, 0.25) is 0 Å². The molecule has 1 aromatic heterocycles. The van der Waals surface area contributed by atoms with Gasteiger partial charge in [-0.3, -0.25) is 4.98 Å². The Morgan fingerprint density at radius 1 is 1.28 bits per heavy atom. The first-order chi connectivity index (χ1) is 8.68. The summed E-state index contributed by atoms with van der Waals surface area (Å²) in [6.07, 6.45) is 1.76. The monoisotopic (exact) mass is 262 g/mol. The molecule has 94 valence electrons. The number of rotatable bonds is 4. The number of hydrogen-bond donors (Lipinski definition) is 2. The molecule has 0 saturated carbocycles. The fourth-order valence-corrected chi connectivity index (χ4v) is 1.95. The van der Waals surface area contributed by atoms with Crippen LogP contribution in [-0.2, 0) is 6.54 Å². The average Bonchev–Trinajstić information content (AvgIpc) is 2.39. The molecular formula is C14H15ClN2O. The van der Waals surface area contributed by atoms with Crippen LogP contribution in [-0.4, -0.2) is 10.1 Å². The molecule has 4 heteroatoms. The Morgan fingerprint density at radius 3 is 2.78 bits per heavy atom. The van der Waals surface area contributed by atoms with E-state index in [1.165, 1.54) is 0 Å². The normalized spacial score (nSPS) is 12.3. The number of pyridine rings is 1. The minimum Gasteiger partial charge on any atom is -0.508 e. The fourth-order valence-electron chi connectivity index (χ4n) is 1.71. The zero-order valence-corrected chi connectivity index (χ0v) is 10.9. The van der Waals surface area contributed by atoms with Gasteiger partial charge in [0, 0.05) is 29.4 Å². The van der Waals surface area contributed by atoms with Crippen molar-refractivity contribution in [1.29, 1.82) is 0 Å². The van der Waals surface area contributed by atoms with Crippen molar-refractivity contribution < 1.29 is 5.11 Å². The van der Waals surface area contributed by atoms with E-state index in [1.54, 1.807) is 24.4 Å². The van der Waals surface area contributed by atoms with Crippen LogP contribution >= 0.6 is 11.6 Å². The minimum absolute atomic E-state index is 0.0990. The number of hydrogen-bond acceptors (Lipinski definition) is 3. The molecule has 1 heterocycles. The summed E-state index contributed by atoms with van der Waals surface area (Å²) in [7, 11) is 0. The maximum Gasteiger partial charge on any atom is 0.121 e. The number of aromatic nitrogens is 1. The van der Waals surface area contributed by atoms with Crippen LogP contribution in [0, 0.1) is 0 Å².